The second kappa shape index (κ2) is 6.33. The maximum Gasteiger partial charge on any atom is 0.354 e. The van der Waals surface area contributed by atoms with Gasteiger partial charge in [0.1, 0.15) is 17.6 Å². The normalized spacial score (nSPS) is 17.8. The van der Waals surface area contributed by atoms with E-state index < -0.39 is 0 Å². The highest BCUT2D eigenvalue weighted by atomic mass is 16.5. The summed E-state index contributed by atoms with van der Waals surface area (Å²) in [7, 11) is 3.19. The van der Waals surface area contributed by atoms with Gasteiger partial charge in [0.05, 0.1) is 19.0 Å². The average molecular weight is 340 g/mol. The summed E-state index contributed by atoms with van der Waals surface area (Å²) in [5, 5.41) is 5.33. The van der Waals surface area contributed by atoms with Crippen LogP contribution in [0.1, 0.15) is 36.0 Å². The lowest BCUT2D eigenvalue weighted by Crippen LogP contribution is -2.18. The Morgan fingerprint density at radius 2 is 2.24 bits per heavy atom. The standard InChI is InChI=1S/C18H20N4O3/c1-21-15(18(23)24-2)9-12-6-7-14(20-17(12)21)13-10-19-22(11-13)16-5-3-4-8-25-16/h6-7,9-11,16H,3-5,8H2,1-2H3. The molecule has 1 fully saturated rings. The lowest BCUT2D eigenvalue weighted by Gasteiger charge is -2.22. The lowest BCUT2D eigenvalue weighted by atomic mass is 10.2. The van der Waals surface area contributed by atoms with Crippen LogP contribution >= 0.6 is 0 Å². The second-order valence-electron chi connectivity index (χ2n) is 6.22. The fraction of sp³-hybridized carbons (Fsp3) is 0.389. The number of aromatic nitrogens is 4. The van der Waals surface area contributed by atoms with E-state index in [0.717, 1.165) is 48.2 Å². The minimum Gasteiger partial charge on any atom is -0.464 e. The molecule has 0 N–H and O–H groups in total. The van der Waals surface area contributed by atoms with Crippen molar-refractivity contribution in [3.05, 3.63) is 36.3 Å². The zero-order valence-corrected chi connectivity index (χ0v) is 14.3. The third kappa shape index (κ3) is 2.80. The van der Waals surface area contributed by atoms with Gasteiger partial charge in [-0.1, -0.05) is 0 Å². The number of aryl methyl sites for hydroxylation is 1. The Balaban J connectivity index is 1.68. The van der Waals surface area contributed by atoms with E-state index in [9.17, 15) is 4.79 Å². The van der Waals surface area contributed by atoms with Gasteiger partial charge < -0.3 is 14.0 Å². The molecule has 7 heteroatoms. The molecule has 1 aliphatic rings. The van der Waals surface area contributed by atoms with Crippen LogP contribution in [0.3, 0.4) is 0 Å². The number of esters is 1. The summed E-state index contributed by atoms with van der Waals surface area (Å²) >= 11 is 0. The van der Waals surface area contributed by atoms with Gasteiger partial charge in [-0.2, -0.15) is 5.10 Å². The molecule has 1 aliphatic heterocycles. The number of nitrogens with zero attached hydrogens (tertiary/aromatic N) is 4. The SMILES string of the molecule is COC(=O)c1cc2ccc(-c3cnn(C4CCCCO4)c3)nc2n1C. The molecular weight excluding hydrogens is 320 g/mol. The molecule has 130 valence electrons. The van der Waals surface area contributed by atoms with Crippen LogP contribution in [0.5, 0.6) is 0 Å². The molecule has 1 atom stereocenters. The Labute approximate surface area is 145 Å². The Kier molecular flexibility index (Phi) is 4.01. The van der Waals surface area contributed by atoms with E-state index in [1.54, 1.807) is 16.8 Å². The van der Waals surface area contributed by atoms with Gasteiger partial charge >= 0.3 is 5.97 Å². The third-order valence-corrected chi connectivity index (χ3v) is 4.62. The summed E-state index contributed by atoms with van der Waals surface area (Å²) in [6.07, 6.45) is 7.02. The fourth-order valence-corrected chi connectivity index (χ4v) is 3.22. The third-order valence-electron chi connectivity index (χ3n) is 4.62. The molecule has 0 bridgehead atoms. The van der Waals surface area contributed by atoms with E-state index in [2.05, 4.69) is 5.10 Å². The maximum absolute atomic E-state index is 11.8. The molecule has 0 aliphatic carbocycles. The van der Waals surface area contributed by atoms with Crippen molar-refractivity contribution in [1.82, 2.24) is 19.3 Å². The number of ether oxygens (including phenoxy) is 2. The maximum atomic E-state index is 11.8. The molecule has 4 rings (SSSR count). The first-order valence-electron chi connectivity index (χ1n) is 8.38. The molecule has 0 radical (unpaired) electrons. The van der Waals surface area contributed by atoms with E-state index >= 15 is 0 Å². The van der Waals surface area contributed by atoms with Crippen molar-refractivity contribution < 1.29 is 14.3 Å². The number of hydrogen-bond donors (Lipinski definition) is 0. The lowest BCUT2D eigenvalue weighted by molar-refractivity contribution is -0.0394. The molecule has 7 nitrogen and oxygen atoms in total. The van der Waals surface area contributed by atoms with E-state index in [1.165, 1.54) is 7.11 Å². The van der Waals surface area contributed by atoms with E-state index in [1.807, 2.05) is 30.1 Å². The summed E-state index contributed by atoms with van der Waals surface area (Å²) in [6.45, 7) is 0.781. The molecule has 3 aromatic heterocycles. The van der Waals surface area contributed by atoms with Gasteiger partial charge in [-0.25, -0.2) is 14.5 Å². The summed E-state index contributed by atoms with van der Waals surface area (Å²) in [5.74, 6) is -0.371. The largest absolute Gasteiger partial charge is 0.464 e. The van der Waals surface area contributed by atoms with Crippen LogP contribution in [-0.4, -0.2) is 39.0 Å². The highest BCUT2D eigenvalue weighted by Gasteiger charge is 2.18. The van der Waals surface area contributed by atoms with Crippen LogP contribution in [0, 0.1) is 0 Å². The summed E-state index contributed by atoms with van der Waals surface area (Å²) < 4.78 is 14.2. The number of pyridine rings is 1. The Hall–Kier alpha value is -2.67. The molecule has 25 heavy (non-hydrogen) atoms. The molecule has 0 spiro atoms. The number of fused-ring (bicyclic) bond motifs is 1. The van der Waals surface area contributed by atoms with Crippen molar-refractivity contribution in [2.24, 2.45) is 7.05 Å². The number of carbonyl (C=O) groups excluding carboxylic acids is 1. The van der Waals surface area contributed by atoms with E-state index in [0.29, 0.717) is 5.69 Å². The first-order chi connectivity index (χ1) is 12.2. The van der Waals surface area contributed by atoms with Crippen molar-refractivity contribution in [2.45, 2.75) is 25.5 Å². The average Bonchev–Trinajstić information content (AvgIpc) is 3.27. The Bertz CT molecular complexity index is 922. The molecule has 4 heterocycles. The van der Waals surface area contributed by atoms with Gasteiger partial charge in [-0.05, 0) is 37.5 Å². The number of carbonyl (C=O) groups is 1. The van der Waals surface area contributed by atoms with Crippen LogP contribution in [0.4, 0.5) is 0 Å². The van der Waals surface area contributed by atoms with Crippen molar-refractivity contribution in [1.29, 1.82) is 0 Å². The second-order valence-corrected chi connectivity index (χ2v) is 6.22. The Morgan fingerprint density at radius 1 is 1.36 bits per heavy atom. The highest BCUT2D eigenvalue weighted by molar-refractivity contribution is 5.94. The molecule has 3 aromatic rings. The molecule has 0 saturated carbocycles. The van der Waals surface area contributed by atoms with Gasteiger partial charge in [0, 0.05) is 30.8 Å². The van der Waals surface area contributed by atoms with Crippen LogP contribution in [0.25, 0.3) is 22.3 Å². The first kappa shape index (κ1) is 15.8. The molecule has 0 aromatic carbocycles. The van der Waals surface area contributed by atoms with Crippen molar-refractivity contribution in [3.63, 3.8) is 0 Å². The summed E-state index contributed by atoms with van der Waals surface area (Å²) in [4.78, 5) is 16.5. The van der Waals surface area contributed by atoms with E-state index in [-0.39, 0.29) is 12.2 Å². The van der Waals surface area contributed by atoms with Gasteiger partial charge in [0.15, 0.2) is 0 Å². The molecule has 1 unspecified atom stereocenters. The van der Waals surface area contributed by atoms with Crippen LogP contribution in [0.15, 0.2) is 30.6 Å². The topological polar surface area (TPSA) is 71.2 Å². The monoisotopic (exact) mass is 340 g/mol. The number of methoxy groups -OCH3 is 1. The van der Waals surface area contributed by atoms with Crippen LogP contribution in [0.2, 0.25) is 0 Å². The number of hydrogen-bond acceptors (Lipinski definition) is 5. The zero-order valence-electron chi connectivity index (χ0n) is 14.3. The zero-order chi connectivity index (χ0) is 17.4. The minimum atomic E-state index is -0.371. The van der Waals surface area contributed by atoms with Crippen molar-refractivity contribution in [2.75, 3.05) is 13.7 Å². The first-order valence-corrected chi connectivity index (χ1v) is 8.38. The summed E-state index contributed by atoms with van der Waals surface area (Å²) in [6, 6.07) is 5.68. The van der Waals surface area contributed by atoms with Crippen LogP contribution in [-0.2, 0) is 16.5 Å². The van der Waals surface area contributed by atoms with Gasteiger partial charge in [0.2, 0.25) is 0 Å². The predicted octanol–water partition coefficient (Wildman–Crippen LogP) is 2.92. The van der Waals surface area contributed by atoms with Gasteiger partial charge in [-0.3, -0.25) is 0 Å². The van der Waals surface area contributed by atoms with Gasteiger partial charge in [0.25, 0.3) is 0 Å². The minimum absolute atomic E-state index is 0.00666. The molecule has 0 amide bonds. The van der Waals surface area contributed by atoms with E-state index in [4.69, 9.17) is 14.5 Å². The molecule has 1 saturated heterocycles. The Morgan fingerprint density at radius 3 is 3.00 bits per heavy atom. The quantitative estimate of drug-likeness (QED) is 0.686. The summed E-state index contributed by atoms with van der Waals surface area (Å²) in [5.41, 5.74) is 2.96. The van der Waals surface area contributed by atoms with Crippen molar-refractivity contribution in [3.8, 4) is 11.3 Å². The van der Waals surface area contributed by atoms with Gasteiger partial charge in [-0.15, -0.1) is 0 Å². The number of rotatable bonds is 3. The molecular formula is C18H20N4O3. The predicted molar refractivity (Wildman–Crippen MR) is 92.1 cm³/mol. The smallest absolute Gasteiger partial charge is 0.354 e. The highest BCUT2D eigenvalue weighted by Crippen LogP contribution is 2.26. The van der Waals surface area contributed by atoms with Crippen LogP contribution < -0.4 is 0 Å². The van der Waals surface area contributed by atoms with Crippen molar-refractivity contribution >= 4 is 17.0 Å². The fourth-order valence-electron chi connectivity index (χ4n) is 3.22.